The standard InChI is InChI=1S/C16H22N2O3/c1-12(11-21-3)18-10-9-14(19)17-16(2,15(18)20)13-7-5-4-6-8-13/h4-8,12H,9-11H2,1-3H3,(H,17,19). The average Bonchev–Trinajstić information content (AvgIpc) is 2.58. The second kappa shape index (κ2) is 6.26. The van der Waals surface area contributed by atoms with Crippen molar-refractivity contribution in [3.63, 3.8) is 0 Å². The van der Waals surface area contributed by atoms with Gasteiger partial charge in [0.2, 0.25) is 5.91 Å². The van der Waals surface area contributed by atoms with Crippen LogP contribution in [0.3, 0.4) is 0 Å². The number of benzene rings is 1. The average molecular weight is 290 g/mol. The van der Waals surface area contributed by atoms with Gasteiger partial charge in [0, 0.05) is 20.1 Å². The fraction of sp³-hybridized carbons (Fsp3) is 0.500. The Morgan fingerprint density at radius 2 is 2.00 bits per heavy atom. The fourth-order valence-electron chi connectivity index (χ4n) is 2.72. The summed E-state index contributed by atoms with van der Waals surface area (Å²) in [6, 6.07) is 9.28. The van der Waals surface area contributed by atoms with Gasteiger partial charge in [0.15, 0.2) is 0 Å². The van der Waals surface area contributed by atoms with E-state index in [1.165, 1.54) is 0 Å². The molecule has 5 nitrogen and oxygen atoms in total. The molecule has 0 saturated carbocycles. The maximum absolute atomic E-state index is 13.0. The molecule has 0 aliphatic carbocycles. The number of carbonyl (C=O) groups is 2. The molecule has 0 bridgehead atoms. The summed E-state index contributed by atoms with van der Waals surface area (Å²) in [4.78, 5) is 26.7. The minimum atomic E-state index is -1.03. The number of rotatable bonds is 4. The highest BCUT2D eigenvalue weighted by Gasteiger charge is 2.43. The Labute approximate surface area is 125 Å². The van der Waals surface area contributed by atoms with E-state index in [-0.39, 0.29) is 17.9 Å². The van der Waals surface area contributed by atoms with Crippen LogP contribution in [-0.2, 0) is 19.9 Å². The number of methoxy groups -OCH3 is 1. The van der Waals surface area contributed by atoms with Crippen molar-refractivity contribution >= 4 is 11.8 Å². The summed E-state index contributed by atoms with van der Waals surface area (Å²) in [7, 11) is 1.61. The summed E-state index contributed by atoms with van der Waals surface area (Å²) >= 11 is 0. The van der Waals surface area contributed by atoms with Gasteiger partial charge in [0.25, 0.3) is 5.91 Å². The molecule has 21 heavy (non-hydrogen) atoms. The molecule has 1 aromatic rings. The Morgan fingerprint density at radius 1 is 1.33 bits per heavy atom. The molecule has 1 heterocycles. The van der Waals surface area contributed by atoms with Crippen molar-refractivity contribution in [1.29, 1.82) is 0 Å². The topological polar surface area (TPSA) is 58.6 Å². The molecule has 2 amide bonds. The zero-order valence-electron chi connectivity index (χ0n) is 12.8. The van der Waals surface area contributed by atoms with Crippen LogP contribution in [-0.4, -0.2) is 43.0 Å². The third kappa shape index (κ3) is 3.08. The highest BCUT2D eigenvalue weighted by molar-refractivity contribution is 5.94. The Kier molecular flexibility index (Phi) is 4.63. The van der Waals surface area contributed by atoms with E-state index < -0.39 is 5.54 Å². The number of nitrogens with zero attached hydrogens (tertiary/aromatic N) is 1. The predicted molar refractivity (Wildman–Crippen MR) is 79.6 cm³/mol. The number of amides is 2. The zero-order chi connectivity index (χ0) is 15.5. The lowest BCUT2D eigenvalue weighted by molar-refractivity contribution is -0.141. The van der Waals surface area contributed by atoms with Crippen LogP contribution in [0.4, 0.5) is 0 Å². The summed E-state index contributed by atoms with van der Waals surface area (Å²) in [6.07, 6.45) is 0.308. The molecule has 5 heteroatoms. The van der Waals surface area contributed by atoms with Gasteiger partial charge < -0.3 is 15.0 Å². The number of hydrogen-bond acceptors (Lipinski definition) is 3. The largest absolute Gasteiger partial charge is 0.383 e. The Balaban J connectivity index is 2.38. The molecule has 0 aromatic heterocycles. The molecule has 0 radical (unpaired) electrons. The second-order valence-electron chi connectivity index (χ2n) is 5.59. The number of carbonyl (C=O) groups excluding carboxylic acids is 2. The molecule has 1 aromatic carbocycles. The summed E-state index contributed by atoms with van der Waals surface area (Å²) in [6.45, 7) is 4.56. The third-order valence-corrected chi connectivity index (χ3v) is 3.95. The van der Waals surface area contributed by atoms with Crippen molar-refractivity contribution in [2.45, 2.75) is 31.8 Å². The van der Waals surface area contributed by atoms with Gasteiger partial charge in [0.1, 0.15) is 5.54 Å². The van der Waals surface area contributed by atoms with Gasteiger partial charge in [0.05, 0.1) is 12.6 Å². The lowest BCUT2D eigenvalue weighted by atomic mass is 9.90. The maximum Gasteiger partial charge on any atom is 0.253 e. The van der Waals surface area contributed by atoms with Crippen LogP contribution in [0.5, 0.6) is 0 Å². The Morgan fingerprint density at radius 3 is 2.62 bits per heavy atom. The van der Waals surface area contributed by atoms with Crippen LogP contribution in [0.15, 0.2) is 30.3 Å². The molecule has 2 atom stereocenters. The van der Waals surface area contributed by atoms with Gasteiger partial charge in [-0.05, 0) is 19.4 Å². The molecule has 2 rings (SSSR count). The summed E-state index contributed by atoms with van der Waals surface area (Å²) in [5, 5.41) is 2.88. The van der Waals surface area contributed by atoms with Gasteiger partial charge in [-0.3, -0.25) is 9.59 Å². The van der Waals surface area contributed by atoms with Gasteiger partial charge >= 0.3 is 0 Å². The van der Waals surface area contributed by atoms with Gasteiger partial charge in [-0.25, -0.2) is 0 Å². The molecule has 1 aliphatic heterocycles. The maximum atomic E-state index is 13.0. The summed E-state index contributed by atoms with van der Waals surface area (Å²) in [5.74, 6) is -0.203. The minimum Gasteiger partial charge on any atom is -0.383 e. The van der Waals surface area contributed by atoms with Crippen molar-refractivity contribution in [3.05, 3.63) is 35.9 Å². The van der Waals surface area contributed by atoms with Crippen molar-refractivity contribution < 1.29 is 14.3 Å². The first-order chi connectivity index (χ1) is 9.99. The van der Waals surface area contributed by atoms with Crippen molar-refractivity contribution in [3.8, 4) is 0 Å². The minimum absolute atomic E-state index is 0.0711. The SMILES string of the molecule is COCC(C)N1CCC(=O)NC(C)(c2ccccc2)C1=O. The van der Waals surface area contributed by atoms with Crippen LogP contribution in [0.25, 0.3) is 0 Å². The van der Waals surface area contributed by atoms with Gasteiger partial charge in [-0.15, -0.1) is 0 Å². The number of ether oxygens (including phenoxy) is 1. The highest BCUT2D eigenvalue weighted by Crippen LogP contribution is 2.26. The van der Waals surface area contributed by atoms with Crippen LogP contribution in [0, 0.1) is 0 Å². The highest BCUT2D eigenvalue weighted by atomic mass is 16.5. The smallest absolute Gasteiger partial charge is 0.253 e. The quantitative estimate of drug-likeness (QED) is 0.909. The molecule has 1 saturated heterocycles. The molecule has 1 aliphatic rings. The predicted octanol–water partition coefficient (Wildman–Crippen LogP) is 1.29. The first-order valence-electron chi connectivity index (χ1n) is 7.15. The van der Waals surface area contributed by atoms with Crippen LogP contribution >= 0.6 is 0 Å². The molecule has 2 unspecified atom stereocenters. The fourth-order valence-corrected chi connectivity index (χ4v) is 2.72. The van der Waals surface area contributed by atoms with E-state index in [2.05, 4.69) is 5.32 Å². The first kappa shape index (κ1) is 15.5. The molecule has 1 N–H and O–H groups in total. The number of hydrogen-bond donors (Lipinski definition) is 1. The van der Waals surface area contributed by atoms with E-state index in [4.69, 9.17) is 4.74 Å². The van der Waals surface area contributed by atoms with Crippen molar-refractivity contribution in [1.82, 2.24) is 10.2 Å². The van der Waals surface area contributed by atoms with Crippen LogP contribution < -0.4 is 5.32 Å². The van der Waals surface area contributed by atoms with Crippen molar-refractivity contribution in [2.24, 2.45) is 0 Å². The summed E-state index contributed by atoms with van der Waals surface area (Å²) < 4.78 is 5.15. The molecule has 0 spiro atoms. The normalized spacial score (nSPS) is 24.4. The second-order valence-corrected chi connectivity index (χ2v) is 5.59. The van der Waals surface area contributed by atoms with Gasteiger partial charge in [-0.1, -0.05) is 30.3 Å². The Hall–Kier alpha value is -1.88. The van der Waals surface area contributed by atoms with Crippen molar-refractivity contribution in [2.75, 3.05) is 20.3 Å². The number of nitrogens with one attached hydrogen (secondary N) is 1. The van der Waals surface area contributed by atoms with E-state index in [0.29, 0.717) is 19.6 Å². The molecule has 114 valence electrons. The third-order valence-electron chi connectivity index (χ3n) is 3.95. The van der Waals surface area contributed by atoms with E-state index in [9.17, 15) is 9.59 Å². The summed E-state index contributed by atoms with van der Waals surface area (Å²) in [5.41, 5.74) is -0.239. The van der Waals surface area contributed by atoms with E-state index in [1.807, 2.05) is 37.3 Å². The van der Waals surface area contributed by atoms with E-state index >= 15 is 0 Å². The van der Waals surface area contributed by atoms with Crippen LogP contribution in [0.1, 0.15) is 25.8 Å². The van der Waals surface area contributed by atoms with Gasteiger partial charge in [-0.2, -0.15) is 0 Å². The monoisotopic (exact) mass is 290 g/mol. The Bertz CT molecular complexity index is 518. The van der Waals surface area contributed by atoms with E-state index in [0.717, 1.165) is 5.56 Å². The zero-order valence-corrected chi connectivity index (χ0v) is 12.8. The molecular weight excluding hydrogens is 268 g/mol. The first-order valence-corrected chi connectivity index (χ1v) is 7.15. The molecular formula is C16H22N2O3. The lowest BCUT2D eigenvalue weighted by Gasteiger charge is -2.35. The van der Waals surface area contributed by atoms with Crippen LogP contribution in [0.2, 0.25) is 0 Å². The lowest BCUT2D eigenvalue weighted by Crippen LogP contribution is -2.55. The van der Waals surface area contributed by atoms with E-state index in [1.54, 1.807) is 18.9 Å². The molecule has 1 fully saturated rings.